The van der Waals surface area contributed by atoms with Gasteiger partial charge in [0.2, 0.25) is 0 Å². The fourth-order valence-electron chi connectivity index (χ4n) is 9.92. The Morgan fingerprint density at radius 3 is 0.989 bits per heavy atom. The summed E-state index contributed by atoms with van der Waals surface area (Å²) in [6.45, 7) is 16.1. The van der Waals surface area contributed by atoms with Gasteiger partial charge >= 0.3 is 27.1 Å². The molecule has 0 saturated carbocycles. The van der Waals surface area contributed by atoms with Crippen molar-refractivity contribution in [1.29, 1.82) is 0 Å². The maximum absolute atomic E-state index is 13.5. The molecule has 0 bridgehead atoms. The van der Waals surface area contributed by atoms with Crippen LogP contribution in [0.3, 0.4) is 0 Å². The Balaban J connectivity index is 0.643. The highest BCUT2D eigenvalue weighted by molar-refractivity contribution is 7.69. The maximum Gasteiger partial charge on any atom is 0.371 e. The third kappa shape index (κ3) is 18.9. The summed E-state index contributed by atoms with van der Waals surface area (Å²) >= 11 is 16.3. The van der Waals surface area contributed by atoms with Crippen molar-refractivity contribution in [3.63, 3.8) is 0 Å². The number of hydrogen-bond acceptors (Lipinski definition) is 22. The van der Waals surface area contributed by atoms with Crippen molar-refractivity contribution in [1.82, 2.24) is 0 Å². The molecule has 10 rings (SSSR count). The van der Waals surface area contributed by atoms with Gasteiger partial charge in [0, 0.05) is 81.5 Å². The number of rotatable bonds is 40. The van der Waals surface area contributed by atoms with Crippen LogP contribution in [0.15, 0.2) is 109 Å². The molecule has 0 aromatic carbocycles. The van der Waals surface area contributed by atoms with Crippen LogP contribution in [0.4, 0.5) is 0 Å². The van der Waals surface area contributed by atoms with Gasteiger partial charge in [0.25, 0.3) is 0 Å². The average molecular weight is 1480 g/mol. The Hall–Kier alpha value is -3.84. The highest BCUT2D eigenvalue weighted by Crippen LogP contribution is 2.53. The molecule has 0 fully saturated rings. The smallest absolute Gasteiger partial charge is 0.371 e. The molecule has 10 aromatic heterocycles. The normalized spacial score (nSPS) is 12.0. The number of carbonyl (C=O) groups is 2. The highest BCUT2D eigenvalue weighted by atomic mass is 32.1. The van der Waals surface area contributed by atoms with E-state index < -0.39 is 15.2 Å². The molecule has 0 radical (unpaired) electrons. The van der Waals surface area contributed by atoms with Crippen LogP contribution in [0, 0.1) is 0 Å². The van der Waals surface area contributed by atoms with Gasteiger partial charge in [-0.05, 0) is 174 Å². The van der Waals surface area contributed by atoms with Crippen LogP contribution in [-0.4, -0.2) is 64.8 Å². The zero-order valence-corrected chi connectivity index (χ0v) is 63.1. The van der Waals surface area contributed by atoms with Gasteiger partial charge in [-0.1, -0.05) is 58.8 Å². The molecule has 0 atom stereocenters. The second-order valence-corrected chi connectivity index (χ2v) is 36.8. The molecule has 10 heterocycles. The lowest BCUT2D eigenvalue weighted by molar-refractivity contribution is 0.0496. The minimum atomic E-state index is -3.36. The van der Waals surface area contributed by atoms with E-state index in [9.17, 15) is 18.7 Å². The van der Waals surface area contributed by atoms with Crippen molar-refractivity contribution in [3.8, 4) is 78.0 Å². The second-order valence-electron chi connectivity index (χ2n) is 21.4. The zero-order valence-electron chi connectivity index (χ0n) is 53.1. The molecule has 0 aliphatic heterocycles. The average Bonchev–Trinajstić information content (AvgIpc) is 1.68. The van der Waals surface area contributed by atoms with Gasteiger partial charge in [0.05, 0.1) is 62.6 Å². The molecule has 0 aliphatic carbocycles. The predicted octanol–water partition coefficient (Wildman–Crippen LogP) is 23.8. The summed E-state index contributed by atoms with van der Waals surface area (Å²) in [5, 5.41) is 0. The molecule has 0 saturated heterocycles. The number of esters is 2. The SMILES string of the molecule is CCCCOCc1cc(-c2ccc(-c3ccc(P(=O)(OCC)OCC)s3)s2)sc1-c1ccc(-c2ccc(C(=O)OCCCCCCCCCOC(=O)c3ccc(-c4ccc(-c5sc(-c6ccc(-c7ccc(P(=O)(OCC)OCC)s7)s6)cc5COCCCC)s4)s3)s2)s1. The van der Waals surface area contributed by atoms with Crippen molar-refractivity contribution in [2.45, 2.75) is 125 Å². The molecular formula is C69H78O12P2S10. The lowest BCUT2D eigenvalue weighted by Gasteiger charge is -2.14. The van der Waals surface area contributed by atoms with E-state index in [1.807, 2.05) is 76.2 Å². The number of hydrogen-bond donors (Lipinski definition) is 0. The standard InChI is InChI=1S/C69H78O12P2S10/c1-7-13-38-74-44-46-42-62(56-24-22-52(84-56)54-34-36-64(90-54)82(72,78-9-3)79-10-4)92-66(46)58-30-26-48(86-58)50-28-32-60(88-50)68(70)76-40-20-18-16-15-17-19-21-41-77-69(71)61-33-29-51(89-61)49-27-31-59(87-49)67-47(45-75-39-14-8-2)43-63(93-67)57-25-23-53(85-57)55-35-37-65(91-55)83(73,80-11-5)81-12-6/h22-37,42-43H,7-21,38-41,44-45H2,1-6H3. The molecule has 93 heavy (non-hydrogen) atoms. The molecule has 24 heteroatoms. The van der Waals surface area contributed by atoms with Gasteiger partial charge in [-0.25, -0.2) is 9.59 Å². The van der Waals surface area contributed by atoms with Crippen molar-refractivity contribution in [2.24, 2.45) is 0 Å². The van der Waals surface area contributed by atoms with Crippen LogP contribution in [0.2, 0.25) is 0 Å². The fraction of sp³-hybridized carbons (Fsp3) is 0.391. The summed E-state index contributed by atoms with van der Waals surface area (Å²) in [7, 11) is -6.72. The highest BCUT2D eigenvalue weighted by Gasteiger charge is 2.31. The van der Waals surface area contributed by atoms with Gasteiger partial charge in [-0.3, -0.25) is 9.13 Å². The second kappa shape index (κ2) is 35.6. The van der Waals surface area contributed by atoms with E-state index in [-0.39, 0.29) is 11.9 Å². The van der Waals surface area contributed by atoms with Gasteiger partial charge in [-0.15, -0.1) is 113 Å². The Kier molecular flexibility index (Phi) is 27.5. The van der Waals surface area contributed by atoms with Crippen molar-refractivity contribution >= 4 is 150 Å². The molecule has 0 aliphatic rings. The van der Waals surface area contributed by atoms with E-state index in [2.05, 4.69) is 74.5 Å². The molecule has 0 spiro atoms. The van der Waals surface area contributed by atoms with Crippen LogP contribution in [0.25, 0.3) is 78.0 Å². The summed E-state index contributed by atoms with van der Waals surface area (Å²) in [6.07, 6.45) is 10.9. The number of carbonyl (C=O) groups excluding carboxylic acids is 2. The lowest BCUT2D eigenvalue weighted by atomic mass is 10.1. The summed E-state index contributed by atoms with van der Waals surface area (Å²) < 4.78 is 74.5. The molecule has 12 nitrogen and oxygen atoms in total. The van der Waals surface area contributed by atoms with Crippen molar-refractivity contribution < 1.29 is 55.8 Å². The van der Waals surface area contributed by atoms with Crippen LogP contribution >= 0.6 is 129 Å². The summed E-state index contributed by atoms with van der Waals surface area (Å²) in [5.41, 5.74) is 2.31. The first-order chi connectivity index (χ1) is 45.4. The number of unbranched alkanes of at least 4 members (excludes halogenated alkanes) is 8. The lowest BCUT2D eigenvalue weighted by Crippen LogP contribution is -2.06. The zero-order chi connectivity index (χ0) is 65.2. The summed E-state index contributed by atoms with van der Waals surface area (Å²) in [5.74, 6) is -0.568. The minimum absolute atomic E-state index is 0.284. The van der Waals surface area contributed by atoms with E-state index in [0.717, 1.165) is 140 Å². The van der Waals surface area contributed by atoms with Gasteiger partial charge in [0.15, 0.2) is 0 Å². The Morgan fingerprint density at radius 1 is 0.323 bits per heavy atom. The van der Waals surface area contributed by atoms with Crippen LogP contribution < -0.4 is 9.24 Å². The van der Waals surface area contributed by atoms with E-state index in [0.29, 0.717) is 85.1 Å². The molecule has 10 aromatic rings. The Bertz CT molecular complexity index is 3810. The predicted molar refractivity (Wildman–Crippen MR) is 398 cm³/mol. The summed E-state index contributed by atoms with van der Waals surface area (Å²) in [6, 6.07) is 37.2. The Morgan fingerprint density at radius 2 is 0.624 bits per heavy atom. The number of thiophene rings is 10. The van der Waals surface area contributed by atoms with Crippen LogP contribution in [0.5, 0.6) is 0 Å². The first kappa shape index (κ1) is 71.9. The maximum atomic E-state index is 13.5. The quantitative estimate of drug-likeness (QED) is 0.0205. The van der Waals surface area contributed by atoms with Crippen LogP contribution in [-0.2, 0) is 59.4 Å². The largest absolute Gasteiger partial charge is 0.462 e. The topological polar surface area (TPSA) is 142 Å². The number of ether oxygens (including phenoxy) is 4. The monoisotopic (exact) mass is 1480 g/mol. The molecular weight excluding hydrogens is 1400 g/mol. The first-order valence-electron chi connectivity index (χ1n) is 31.7. The Labute approximate surface area is 586 Å². The minimum Gasteiger partial charge on any atom is -0.462 e. The van der Waals surface area contributed by atoms with E-state index in [4.69, 9.17) is 37.0 Å². The van der Waals surface area contributed by atoms with Gasteiger partial charge in [0.1, 0.15) is 19.0 Å². The molecule has 0 amide bonds. The van der Waals surface area contributed by atoms with Gasteiger partial charge in [-0.2, -0.15) is 0 Å². The van der Waals surface area contributed by atoms with E-state index >= 15 is 0 Å². The first-order valence-corrected chi connectivity index (χ1v) is 43.0. The third-order valence-corrected chi connectivity index (χ3v) is 32.3. The molecule has 496 valence electrons. The van der Waals surface area contributed by atoms with E-state index in [1.165, 1.54) is 64.9 Å². The van der Waals surface area contributed by atoms with Crippen LogP contribution in [0.1, 0.15) is 143 Å². The van der Waals surface area contributed by atoms with Gasteiger partial charge < -0.3 is 37.0 Å². The van der Waals surface area contributed by atoms with Crippen molar-refractivity contribution in [3.05, 3.63) is 130 Å². The molecule has 0 unspecified atom stereocenters. The fourth-order valence-corrected chi connectivity index (χ4v) is 25.0. The summed E-state index contributed by atoms with van der Waals surface area (Å²) in [4.78, 5) is 45.4. The van der Waals surface area contributed by atoms with E-state index in [1.54, 1.807) is 68.0 Å². The third-order valence-electron chi connectivity index (χ3n) is 14.5. The molecule has 0 N–H and O–H groups in total. The van der Waals surface area contributed by atoms with Crippen molar-refractivity contribution in [2.75, 3.05) is 52.9 Å².